The van der Waals surface area contributed by atoms with Crippen molar-refractivity contribution < 1.29 is 18.9 Å². The van der Waals surface area contributed by atoms with E-state index in [1.54, 1.807) is 21.3 Å². The Kier molecular flexibility index (Phi) is 8.73. The lowest BCUT2D eigenvalue weighted by Crippen LogP contribution is -2.26. The van der Waals surface area contributed by atoms with Crippen LogP contribution in [0.4, 0.5) is 0 Å². The third kappa shape index (κ3) is 5.33. The summed E-state index contributed by atoms with van der Waals surface area (Å²) < 4.78 is 13.3. The Hall–Kier alpha value is -2.32. The Balaban J connectivity index is 0.00000151. The molecule has 0 heterocycles. The van der Waals surface area contributed by atoms with E-state index in [4.69, 9.17) is 9.30 Å². The van der Waals surface area contributed by atoms with E-state index in [-0.39, 0.29) is 5.78 Å². The molecule has 0 aliphatic heterocycles. The highest BCUT2D eigenvalue weighted by atomic mass is 31.0. The van der Waals surface area contributed by atoms with Crippen LogP contribution < -0.4 is 0 Å². The van der Waals surface area contributed by atoms with Crippen LogP contribution in [0.25, 0.3) is 0 Å². The van der Waals surface area contributed by atoms with Gasteiger partial charge in [0.25, 0.3) is 0 Å². The van der Waals surface area contributed by atoms with Crippen molar-refractivity contribution in [3.05, 3.63) is 70.8 Å². The van der Waals surface area contributed by atoms with Gasteiger partial charge >= 0.3 is 5.97 Å². The van der Waals surface area contributed by atoms with Crippen molar-refractivity contribution in [3.63, 3.8) is 0 Å². The fourth-order valence-corrected chi connectivity index (χ4v) is 2.67. The zero-order chi connectivity index (χ0) is 18.8. The highest BCUT2D eigenvalue weighted by Crippen LogP contribution is 2.26. The van der Waals surface area contributed by atoms with E-state index >= 15 is 0 Å². The summed E-state index contributed by atoms with van der Waals surface area (Å²) in [5.41, 5.74) is 3.02. The van der Waals surface area contributed by atoms with Crippen molar-refractivity contribution in [2.24, 2.45) is 0 Å². The second-order valence-corrected chi connectivity index (χ2v) is 5.64. The Morgan fingerprint density at radius 3 is 2.04 bits per heavy atom. The first kappa shape index (κ1) is 20.7. The van der Waals surface area contributed by atoms with E-state index in [0.29, 0.717) is 17.7 Å². The predicted octanol–water partition coefficient (Wildman–Crippen LogP) is 4.70. The largest absolute Gasteiger partial charge is 0.465 e. The number of carbonyl (C=O) groups excluding carboxylic acids is 2. The molecule has 0 spiro atoms. The van der Waals surface area contributed by atoms with Gasteiger partial charge in [-0.05, 0) is 37.0 Å². The summed E-state index contributed by atoms with van der Waals surface area (Å²) in [4.78, 5) is 25.6. The molecule has 2 aromatic rings. The van der Waals surface area contributed by atoms with Crippen LogP contribution in [0.3, 0.4) is 0 Å². The van der Waals surface area contributed by atoms with Crippen LogP contribution in [0.1, 0.15) is 46.3 Å². The molecule has 0 aliphatic rings. The summed E-state index contributed by atoms with van der Waals surface area (Å²) in [7, 11) is 1.72. The number of Topliss-reactive ketones (excluding diaryl/α,β-unsaturated/α-hetero) is 1. The Labute approximate surface area is 150 Å². The number of benzene rings is 2. The van der Waals surface area contributed by atoms with E-state index in [1.807, 2.05) is 57.2 Å². The molecule has 0 saturated heterocycles. The van der Waals surface area contributed by atoms with Crippen LogP contribution in [-0.4, -0.2) is 18.4 Å². The minimum absolute atomic E-state index is 0.201. The van der Waals surface area contributed by atoms with Crippen LogP contribution in [0.2, 0.25) is 0 Å². The van der Waals surface area contributed by atoms with Gasteiger partial charge in [-0.1, -0.05) is 55.5 Å². The molecular weight excluding hydrogens is 335 g/mol. The van der Waals surface area contributed by atoms with Crippen LogP contribution in [0.15, 0.2) is 48.5 Å². The molecule has 0 aromatic heterocycles. The highest BCUT2D eigenvalue weighted by Gasteiger charge is 2.32. The molecule has 4 nitrogen and oxygen atoms in total. The normalized spacial score (nSPS) is 11.0. The van der Waals surface area contributed by atoms with Gasteiger partial charge in [0.05, 0.1) is 6.61 Å². The third-order valence-corrected chi connectivity index (χ3v) is 3.81. The molecule has 2 aromatic carbocycles. The van der Waals surface area contributed by atoms with Gasteiger partial charge in [-0.25, -0.2) is 0 Å². The van der Waals surface area contributed by atoms with Gasteiger partial charge in [-0.3, -0.25) is 14.2 Å². The van der Waals surface area contributed by atoms with Gasteiger partial charge < -0.3 is 4.74 Å². The minimum Gasteiger partial charge on any atom is -0.465 e. The fourth-order valence-electron chi connectivity index (χ4n) is 2.67. The van der Waals surface area contributed by atoms with Gasteiger partial charge in [0, 0.05) is 5.56 Å². The molecule has 5 heteroatoms. The summed E-state index contributed by atoms with van der Waals surface area (Å²) >= 11 is 0. The number of rotatable bonds is 6. The van der Waals surface area contributed by atoms with Gasteiger partial charge in [0.1, 0.15) is 15.0 Å². The molecule has 1 unspecified atom stereocenters. The first-order valence-electron chi connectivity index (χ1n) is 8.08. The summed E-state index contributed by atoms with van der Waals surface area (Å²) in [6.07, 6.45) is 0.727. The van der Waals surface area contributed by atoms with Gasteiger partial charge in [0.15, 0.2) is 5.78 Å². The molecular formula is C20H23O4P. The third-order valence-electron chi connectivity index (χ3n) is 3.81. The zero-order valence-electron chi connectivity index (χ0n) is 14.7. The van der Waals surface area contributed by atoms with Crippen molar-refractivity contribution in [1.29, 1.82) is 0 Å². The average molecular weight is 358 g/mol. The van der Waals surface area contributed by atoms with E-state index in [9.17, 15) is 9.59 Å². The summed E-state index contributed by atoms with van der Waals surface area (Å²) in [5.74, 6) is -1.60. The smallest absolute Gasteiger partial charge is 0.321 e. The molecule has 0 fully saturated rings. The van der Waals surface area contributed by atoms with E-state index in [2.05, 4.69) is 0 Å². The number of hydrogen-bond acceptors (Lipinski definition) is 4. The molecule has 1 atom stereocenters. The second-order valence-electron chi connectivity index (χ2n) is 5.64. The number of hydrogen-bond donors (Lipinski definition) is 0. The second kappa shape index (κ2) is 10.5. The molecule has 132 valence electrons. The molecule has 0 bridgehead atoms. The van der Waals surface area contributed by atoms with Crippen molar-refractivity contribution in [1.82, 2.24) is 0 Å². The highest BCUT2D eigenvalue weighted by molar-refractivity contribution is 7.00. The van der Waals surface area contributed by atoms with Crippen molar-refractivity contribution >= 4 is 20.9 Å². The molecule has 25 heavy (non-hydrogen) atoms. The van der Waals surface area contributed by atoms with Crippen molar-refractivity contribution in [2.75, 3.05) is 6.61 Å². The van der Waals surface area contributed by atoms with Crippen LogP contribution in [0, 0.1) is 13.8 Å². The summed E-state index contributed by atoms with van der Waals surface area (Å²) in [6, 6.07) is 14.8. The molecule has 2 rings (SSSR count). The summed E-state index contributed by atoms with van der Waals surface area (Å²) in [6.45, 7) is 6.03. The Morgan fingerprint density at radius 2 is 1.52 bits per heavy atom. The first-order chi connectivity index (χ1) is 12.1. The maximum atomic E-state index is 13.1. The number of ketones is 1. The average Bonchev–Trinajstić information content (AvgIpc) is 2.62. The van der Waals surface area contributed by atoms with Crippen molar-refractivity contribution in [3.8, 4) is 0 Å². The molecule has 0 saturated carbocycles. The lowest BCUT2D eigenvalue weighted by molar-refractivity contribution is -0.144. The topological polar surface area (TPSA) is 60.4 Å². The zero-order valence-corrected chi connectivity index (χ0v) is 15.7. The first-order valence-corrected chi connectivity index (χ1v) is 8.49. The van der Waals surface area contributed by atoms with E-state index in [1.165, 1.54) is 0 Å². The number of esters is 1. The Morgan fingerprint density at radius 1 is 0.960 bits per heavy atom. The maximum Gasteiger partial charge on any atom is 0.321 e. The lowest BCUT2D eigenvalue weighted by Gasteiger charge is -2.18. The molecule has 0 aliphatic carbocycles. The lowest BCUT2D eigenvalue weighted by atomic mass is 9.87. The Bertz CT molecular complexity index is 693. The van der Waals surface area contributed by atoms with Crippen LogP contribution in [-0.2, 0) is 14.1 Å². The molecule has 0 amide bonds. The molecule has 0 N–H and O–H groups in total. The van der Waals surface area contributed by atoms with Crippen LogP contribution in [0.5, 0.6) is 0 Å². The van der Waals surface area contributed by atoms with Gasteiger partial charge in [0.2, 0.25) is 0 Å². The minimum atomic E-state index is -0.914. The van der Waals surface area contributed by atoms with Crippen LogP contribution >= 0.6 is 9.12 Å². The maximum absolute atomic E-state index is 13.1. The number of carbonyl (C=O) groups is 2. The standard InChI is InChI=1S/C20H22O3.HOP/c1-4-13-23-20(22)18(16-11-6-5-7-12-16)19(21)17-14(2)9-8-10-15(17)3;1-2/h5-12,18H,4,13H2,1-3H3;2H. The summed E-state index contributed by atoms with van der Waals surface area (Å²) in [5, 5.41) is 0. The quantitative estimate of drug-likeness (QED) is 0.325. The predicted molar refractivity (Wildman–Crippen MR) is 99.7 cm³/mol. The fraction of sp³-hybridized carbons (Fsp3) is 0.300. The van der Waals surface area contributed by atoms with Gasteiger partial charge in [-0.15, -0.1) is 0 Å². The van der Waals surface area contributed by atoms with E-state index in [0.717, 1.165) is 17.5 Å². The monoisotopic (exact) mass is 358 g/mol. The van der Waals surface area contributed by atoms with Gasteiger partial charge in [-0.2, -0.15) is 0 Å². The SMILES string of the molecule is CCCOC(=O)C(C(=O)c1c(C)cccc1C)c1ccccc1.O=P. The number of aryl methyl sites for hydroxylation is 2. The van der Waals surface area contributed by atoms with Crippen molar-refractivity contribution in [2.45, 2.75) is 33.1 Å². The molecule has 0 radical (unpaired) electrons. The number of ether oxygens (including phenoxy) is 1. The van der Waals surface area contributed by atoms with E-state index < -0.39 is 11.9 Å².